The number of hydrogen-bond acceptors (Lipinski definition) is 5. The maximum Gasteiger partial charge on any atom is 0.258 e. The highest BCUT2D eigenvalue weighted by atomic mass is 19.1. The molecule has 0 bridgehead atoms. The summed E-state index contributed by atoms with van der Waals surface area (Å²) < 4.78 is 25.8. The fraction of sp³-hybridized carbons (Fsp3) is 0.318. The van der Waals surface area contributed by atoms with Crippen LogP contribution in [0.15, 0.2) is 54.7 Å². The minimum atomic E-state index is -0.294. The molecule has 2 heterocycles. The Kier molecular flexibility index (Phi) is 6.34. The summed E-state index contributed by atoms with van der Waals surface area (Å²) in [5, 5.41) is 11.1. The van der Waals surface area contributed by atoms with E-state index >= 15 is 0 Å². The molecule has 1 amide bonds. The van der Waals surface area contributed by atoms with Gasteiger partial charge in [0.05, 0.1) is 18.0 Å². The summed E-state index contributed by atoms with van der Waals surface area (Å²) in [7, 11) is 0. The average molecular weight is 410 g/mol. The van der Waals surface area contributed by atoms with Gasteiger partial charge in [0.1, 0.15) is 17.3 Å². The van der Waals surface area contributed by atoms with Gasteiger partial charge in [0.25, 0.3) is 5.91 Å². The lowest BCUT2D eigenvalue weighted by molar-refractivity contribution is -0.124. The molecule has 156 valence electrons. The van der Waals surface area contributed by atoms with E-state index in [1.165, 1.54) is 12.1 Å². The van der Waals surface area contributed by atoms with Crippen molar-refractivity contribution in [2.24, 2.45) is 0 Å². The molecule has 1 aromatic heterocycles. The molecule has 0 saturated carbocycles. The van der Waals surface area contributed by atoms with Crippen LogP contribution < -0.4 is 10.1 Å². The van der Waals surface area contributed by atoms with Crippen LogP contribution in [-0.2, 0) is 9.53 Å². The highest BCUT2D eigenvalue weighted by molar-refractivity contribution is 5.77. The van der Waals surface area contributed by atoms with Gasteiger partial charge in [-0.2, -0.15) is 0 Å². The maximum atomic E-state index is 13.1. The Hall–Kier alpha value is -3.26. The van der Waals surface area contributed by atoms with Gasteiger partial charge in [0.2, 0.25) is 0 Å². The van der Waals surface area contributed by atoms with E-state index in [1.807, 2.05) is 12.1 Å². The van der Waals surface area contributed by atoms with E-state index in [9.17, 15) is 9.18 Å². The molecule has 0 aliphatic carbocycles. The zero-order valence-electron chi connectivity index (χ0n) is 16.5. The number of benzene rings is 2. The number of ether oxygens (including phenoxy) is 2. The van der Waals surface area contributed by atoms with Gasteiger partial charge >= 0.3 is 0 Å². The van der Waals surface area contributed by atoms with Crippen molar-refractivity contribution in [1.82, 2.24) is 20.3 Å². The van der Waals surface area contributed by atoms with Crippen LogP contribution >= 0.6 is 0 Å². The quantitative estimate of drug-likeness (QED) is 0.648. The number of hydrogen-bond donors (Lipinski definition) is 1. The summed E-state index contributed by atoms with van der Waals surface area (Å²) in [5.41, 5.74) is 2.23. The smallest absolute Gasteiger partial charge is 0.258 e. The number of carbonyl (C=O) groups is 1. The maximum absolute atomic E-state index is 13.1. The van der Waals surface area contributed by atoms with Crippen LogP contribution in [0.2, 0.25) is 0 Å². The van der Waals surface area contributed by atoms with Gasteiger partial charge in [0.15, 0.2) is 6.61 Å². The van der Waals surface area contributed by atoms with E-state index in [2.05, 4.69) is 15.6 Å². The Morgan fingerprint density at radius 1 is 1.17 bits per heavy atom. The van der Waals surface area contributed by atoms with Crippen LogP contribution in [-0.4, -0.2) is 46.8 Å². The molecule has 7 nitrogen and oxygen atoms in total. The third-order valence-electron chi connectivity index (χ3n) is 4.91. The van der Waals surface area contributed by atoms with Gasteiger partial charge in [0, 0.05) is 18.7 Å². The van der Waals surface area contributed by atoms with Crippen molar-refractivity contribution in [2.45, 2.75) is 25.4 Å². The molecule has 0 spiro atoms. The average Bonchev–Trinajstić information content (AvgIpc) is 3.28. The third kappa shape index (κ3) is 5.21. The van der Waals surface area contributed by atoms with Crippen molar-refractivity contribution in [3.63, 3.8) is 0 Å². The van der Waals surface area contributed by atoms with Crippen LogP contribution in [0.5, 0.6) is 5.75 Å². The molecule has 8 heteroatoms. The van der Waals surface area contributed by atoms with E-state index in [0.717, 1.165) is 37.1 Å². The number of nitrogens with zero attached hydrogens (tertiary/aromatic N) is 3. The van der Waals surface area contributed by atoms with Crippen LogP contribution in [0.1, 0.15) is 19.3 Å². The third-order valence-corrected chi connectivity index (χ3v) is 4.91. The van der Waals surface area contributed by atoms with Crippen molar-refractivity contribution in [1.29, 1.82) is 0 Å². The van der Waals surface area contributed by atoms with Gasteiger partial charge in [-0.3, -0.25) is 4.79 Å². The van der Waals surface area contributed by atoms with E-state index in [-0.39, 0.29) is 24.4 Å². The van der Waals surface area contributed by atoms with Crippen LogP contribution in [0.3, 0.4) is 0 Å². The molecule has 2 aromatic carbocycles. The molecule has 1 atom stereocenters. The summed E-state index contributed by atoms with van der Waals surface area (Å²) in [4.78, 5) is 12.0. The summed E-state index contributed by atoms with van der Waals surface area (Å²) >= 11 is 0. The molecular weight excluding hydrogens is 387 g/mol. The molecule has 1 unspecified atom stereocenters. The lowest BCUT2D eigenvalue weighted by Crippen LogP contribution is -2.37. The Bertz CT molecular complexity index is 967. The highest BCUT2D eigenvalue weighted by Gasteiger charge is 2.15. The highest BCUT2D eigenvalue weighted by Crippen LogP contribution is 2.19. The molecular formula is C22H23FN4O3. The van der Waals surface area contributed by atoms with E-state index in [0.29, 0.717) is 18.0 Å². The molecule has 1 N–H and O–H groups in total. The molecule has 1 aliphatic rings. The zero-order chi connectivity index (χ0) is 20.8. The summed E-state index contributed by atoms with van der Waals surface area (Å²) in [6, 6.07) is 13.3. The first-order chi connectivity index (χ1) is 14.7. The second-order valence-electron chi connectivity index (χ2n) is 7.13. The van der Waals surface area contributed by atoms with Crippen LogP contribution in [0, 0.1) is 5.82 Å². The van der Waals surface area contributed by atoms with Gasteiger partial charge in [-0.1, -0.05) is 5.21 Å². The largest absolute Gasteiger partial charge is 0.484 e. The number of aromatic nitrogens is 3. The minimum Gasteiger partial charge on any atom is -0.484 e. The Morgan fingerprint density at radius 2 is 1.97 bits per heavy atom. The van der Waals surface area contributed by atoms with Gasteiger partial charge in [-0.15, -0.1) is 5.10 Å². The van der Waals surface area contributed by atoms with Crippen molar-refractivity contribution < 1.29 is 18.7 Å². The molecule has 4 rings (SSSR count). The van der Waals surface area contributed by atoms with Gasteiger partial charge in [-0.05, 0) is 67.8 Å². The van der Waals surface area contributed by atoms with Crippen molar-refractivity contribution >= 4 is 5.91 Å². The first-order valence-electron chi connectivity index (χ1n) is 9.97. The molecule has 1 aliphatic heterocycles. The second-order valence-corrected chi connectivity index (χ2v) is 7.13. The van der Waals surface area contributed by atoms with Crippen molar-refractivity contribution in [3.05, 3.63) is 60.5 Å². The summed E-state index contributed by atoms with van der Waals surface area (Å²) in [6.07, 6.45) is 5.08. The number of halogens is 1. The van der Waals surface area contributed by atoms with Crippen LogP contribution in [0.25, 0.3) is 16.9 Å². The van der Waals surface area contributed by atoms with E-state index in [1.54, 1.807) is 35.1 Å². The molecule has 3 aromatic rings. The second kappa shape index (κ2) is 9.49. The predicted molar refractivity (Wildman–Crippen MR) is 109 cm³/mol. The number of nitrogens with one attached hydrogen (secondary N) is 1. The Morgan fingerprint density at radius 3 is 2.70 bits per heavy atom. The standard InChI is InChI=1S/C22H23FN4O3/c23-17-6-4-16(5-7-17)21-14-27(26-25-21)18-8-10-19(11-9-18)30-15-22(28)24-13-20-3-1-2-12-29-20/h4-11,14,20H,1-3,12-13,15H2,(H,24,28). The molecule has 30 heavy (non-hydrogen) atoms. The first-order valence-corrected chi connectivity index (χ1v) is 9.97. The number of rotatable bonds is 7. The van der Waals surface area contributed by atoms with Gasteiger partial charge in [-0.25, -0.2) is 9.07 Å². The predicted octanol–water partition coefficient (Wildman–Crippen LogP) is 3.14. The zero-order valence-corrected chi connectivity index (χ0v) is 16.5. The fourth-order valence-corrected chi connectivity index (χ4v) is 3.23. The minimum absolute atomic E-state index is 0.0515. The lowest BCUT2D eigenvalue weighted by atomic mass is 10.1. The van der Waals surface area contributed by atoms with Crippen molar-refractivity contribution in [3.8, 4) is 22.7 Å². The molecule has 1 saturated heterocycles. The number of carbonyl (C=O) groups excluding carboxylic acids is 1. The Labute approximate surface area is 173 Å². The van der Waals surface area contributed by atoms with Crippen molar-refractivity contribution in [2.75, 3.05) is 19.8 Å². The fourth-order valence-electron chi connectivity index (χ4n) is 3.23. The molecule has 1 fully saturated rings. The van der Waals surface area contributed by atoms with Crippen LogP contribution in [0.4, 0.5) is 4.39 Å². The first kappa shape index (κ1) is 20.0. The molecule has 0 radical (unpaired) electrons. The monoisotopic (exact) mass is 410 g/mol. The van der Waals surface area contributed by atoms with E-state index < -0.39 is 0 Å². The Balaban J connectivity index is 1.28. The topological polar surface area (TPSA) is 78.3 Å². The number of amides is 1. The normalized spacial score (nSPS) is 16.2. The SMILES string of the molecule is O=C(COc1ccc(-n2cc(-c3ccc(F)cc3)nn2)cc1)NCC1CCCCO1. The van der Waals surface area contributed by atoms with E-state index in [4.69, 9.17) is 9.47 Å². The summed E-state index contributed by atoms with van der Waals surface area (Å²) in [6.45, 7) is 1.23. The lowest BCUT2D eigenvalue weighted by Gasteiger charge is -2.22. The van der Waals surface area contributed by atoms with Gasteiger partial charge < -0.3 is 14.8 Å². The summed E-state index contributed by atoms with van der Waals surface area (Å²) in [5.74, 6) is 0.118.